The Bertz CT molecular complexity index is 1370. The molecule has 2 aromatic rings. The molecule has 0 aliphatic carbocycles. The summed E-state index contributed by atoms with van der Waals surface area (Å²) >= 11 is 0. The summed E-state index contributed by atoms with van der Waals surface area (Å²) < 4.78 is 71.5. The first-order chi connectivity index (χ1) is 16.8. The number of alkyl halides is 1. The number of aromatic nitrogens is 1. The van der Waals surface area contributed by atoms with E-state index in [4.69, 9.17) is 4.74 Å². The molecular formula is C24H30FN3O6S2. The highest BCUT2D eigenvalue weighted by atomic mass is 32.2. The molecule has 9 nitrogen and oxygen atoms in total. The van der Waals surface area contributed by atoms with Gasteiger partial charge in [0.15, 0.2) is 15.5 Å². The molecule has 0 saturated carbocycles. The maximum Gasteiger partial charge on any atom is 0.258 e. The molecule has 1 atom stereocenters. The zero-order valence-corrected chi connectivity index (χ0v) is 22.2. The van der Waals surface area contributed by atoms with Crippen molar-refractivity contribution in [3.05, 3.63) is 53.6 Å². The van der Waals surface area contributed by atoms with Gasteiger partial charge in [-0.25, -0.2) is 26.2 Å². The molecule has 12 heteroatoms. The first-order valence-electron chi connectivity index (χ1n) is 11.3. The Morgan fingerprint density at radius 2 is 1.83 bits per heavy atom. The smallest absolute Gasteiger partial charge is 0.258 e. The highest BCUT2D eigenvalue weighted by Gasteiger charge is 2.45. The van der Waals surface area contributed by atoms with Crippen LogP contribution in [0.5, 0.6) is 5.88 Å². The van der Waals surface area contributed by atoms with E-state index in [0.717, 1.165) is 21.5 Å². The van der Waals surface area contributed by atoms with Gasteiger partial charge in [-0.05, 0) is 25.0 Å². The van der Waals surface area contributed by atoms with Crippen LogP contribution in [0.25, 0.3) is 11.1 Å². The number of benzene rings is 1. The van der Waals surface area contributed by atoms with Crippen molar-refractivity contribution in [2.24, 2.45) is 0 Å². The van der Waals surface area contributed by atoms with Gasteiger partial charge >= 0.3 is 0 Å². The SMILES string of the molecule is COc1cc(-c2ccccc2C)c(S(=O)(=O)N2CCC(F)(C(=O)N[C@H](C)/C=C\S(C)(=O)=O)CC2)cn1. The molecule has 1 amide bonds. The summed E-state index contributed by atoms with van der Waals surface area (Å²) in [4.78, 5) is 16.6. The lowest BCUT2D eigenvalue weighted by Gasteiger charge is -2.35. The van der Waals surface area contributed by atoms with Gasteiger partial charge in [-0.2, -0.15) is 4.31 Å². The number of aryl methyl sites for hydroxylation is 1. The van der Waals surface area contributed by atoms with E-state index in [1.54, 1.807) is 18.2 Å². The number of carbonyl (C=O) groups excluding carboxylic acids is 1. The van der Waals surface area contributed by atoms with Crippen LogP contribution in [-0.4, -0.2) is 70.2 Å². The summed E-state index contributed by atoms with van der Waals surface area (Å²) in [6.45, 7) is 2.96. The normalized spacial score (nSPS) is 17.6. The van der Waals surface area contributed by atoms with E-state index in [9.17, 15) is 21.6 Å². The topological polar surface area (TPSA) is 123 Å². The first kappa shape index (κ1) is 27.8. The third-order valence-corrected chi connectivity index (χ3v) is 8.58. The molecule has 196 valence electrons. The van der Waals surface area contributed by atoms with Crippen LogP contribution in [-0.2, 0) is 24.7 Å². The number of rotatable bonds is 8. The third-order valence-electron chi connectivity index (χ3n) is 6.00. The molecule has 36 heavy (non-hydrogen) atoms. The average molecular weight is 540 g/mol. The Labute approximate surface area is 211 Å². The highest BCUT2D eigenvalue weighted by Crippen LogP contribution is 2.36. The van der Waals surface area contributed by atoms with E-state index in [-0.39, 0.29) is 36.7 Å². The lowest BCUT2D eigenvalue weighted by molar-refractivity contribution is -0.135. The Morgan fingerprint density at radius 1 is 1.19 bits per heavy atom. The summed E-state index contributed by atoms with van der Waals surface area (Å²) in [5, 5.41) is 3.38. The van der Waals surface area contributed by atoms with Crippen molar-refractivity contribution in [3.63, 3.8) is 0 Å². The van der Waals surface area contributed by atoms with Crippen LogP contribution >= 0.6 is 0 Å². The van der Waals surface area contributed by atoms with E-state index in [2.05, 4.69) is 10.3 Å². The minimum Gasteiger partial charge on any atom is -0.481 e. The fourth-order valence-electron chi connectivity index (χ4n) is 3.92. The lowest BCUT2D eigenvalue weighted by Crippen LogP contribution is -2.53. The van der Waals surface area contributed by atoms with Crippen LogP contribution in [0, 0.1) is 6.92 Å². The van der Waals surface area contributed by atoms with Gasteiger partial charge in [0.1, 0.15) is 4.90 Å². The van der Waals surface area contributed by atoms with Crippen LogP contribution in [0.2, 0.25) is 0 Å². The number of sulfone groups is 1. The van der Waals surface area contributed by atoms with Crippen LogP contribution in [0.3, 0.4) is 0 Å². The first-order valence-corrected chi connectivity index (χ1v) is 14.6. The van der Waals surface area contributed by atoms with E-state index in [1.165, 1.54) is 26.3 Å². The monoisotopic (exact) mass is 539 g/mol. The second kappa shape index (κ2) is 10.7. The molecule has 0 spiro atoms. The second-order valence-electron chi connectivity index (χ2n) is 8.83. The predicted molar refractivity (Wildman–Crippen MR) is 134 cm³/mol. The van der Waals surface area contributed by atoms with Crippen molar-refractivity contribution in [2.75, 3.05) is 26.5 Å². The Morgan fingerprint density at radius 3 is 2.42 bits per heavy atom. The number of methoxy groups -OCH3 is 1. The maximum absolute atomic E-state index is 15.5. The second-order valence-corrected chi connectivity index (χ2v) is 12.7. The molecule has 1 aromatic carbocycles. The van der Waals surface area contributed by atoms with E-state index < -0.39 is 37.5 Å². The number of amides is 1. The largest absolute Gasteiger partial charge is 0.481 e. The maximum atomic E-state index is 15.5. The number of ether oxygens (including phenoxy) is 1. The molecule has 1 aliphatic rings. The molecule has 1 aromatic heterocycles. The van der Waals surface area contributed by atoms with Gasteiger partial charge in [-0.1, -0.05) is 30.3 Å². The molecule has 2 heterocycles. The zero-order chi connectivity index (χ0) is 26.7. The van der Waals surface area contributed by atoms with Gasteiger partial charge in [-0.15, -0.1) is 0 Å². The minimum absolute atomic E-state index is 0.0343. The molecule has 1 fully saturated rings. The Balaban J connectivity index is 1.81. The summed E-state index contributed by atoms with van der Waals surface area (Å²) in [7, 11) is -6.02. The number of piperidine rings is 1. The number of hydrogen-bond acceptors (Lipinski definition) is 7. The average Bonchev–Trinajstić information content (AvgIpc) is 2.82. The van der Waals surface area contributed by atoms with Gasteiger partial charge in [0.25, 0.3) is 5.91 Å². The van der Waals surface area contributed by atoms with Crippen molar-refractivity contribution in [2.45, 2.75) is 43.3 Å². The number of nitrogens with zero attached hydrogens (tertiary/aromatic N) is 2. The minimum atomic E-state index is -4.07. The van der Waals surface area contributed by atoms with Crippen LogP contribution in [0.4, 0.5) is 4.39 Å². The highest BCUT2D eigenvalue weighted by molar-refractivity contribution is 7.93. The number of carbonyl (C=O) groups is 1. The molecule has 0 bridgehead atoms. The predicted octanol–water partition coefficient (Wildman–Crippen LogP) is 2.62. The molecule has 0 unspecified atom stereocenters. The number of hydrogen-bond donors (Lipinski definition) is 1. The summed E-state index contributed by atoms with van der Waals surface area (Å²) in [6, 6.07) is 8.15. The standard InChI is InChI=1S/C24H30FN3O6S2/c1-17-7-5-6-8-19(17)20-15-22(34-3)26-16-21(20)36(32,33)28-12-10-24(25,11-13-28)23(29)27-18(2)9-14-35(4,30)31/h5-9,14-16,18H,10-13H2,1-4H3,(H,27,29)/b14-9-/t18-/m1/s1. The van der Waals surface area contributed by atoms with Crippen LogP contribution in [0.1, 0.15) is 25.3 Å². The lowest BCUT2D eigenvalue weighted by atomic mass is 9.93. The molecular weight excluding hydrogens is 509 g/mol. The molecule has 0 radical (unpaired) electrons. The van der Waals surface area contributed by atoms with Gasteiger partial charge in [-0.3, -0.25) is 4.79 Å². The summed E-state index contributed by atoms with van der Waals surface area (Å²) in [6.07, 6.45) is 2.80. The Kier molecular flexibility index (Phi) is 8.21. The van der Waals surface area contributed by atoms with Crippen molar-refractivity contribution in [3.8, 4) is 17.0 Å². The Hall–Kier alpha value is -2.83. The van der Waals surface area contributed by atoms with E-state index in [0.29, 0.717) is 11.1 Å². The van der Waals surface area contributed by atoms with Gasteiger partial charge in [0, 0.05) is 55.3 Å². The number of halogens is 1. The van der Waals surface area contributed by atoms with Crippen molar-refractivity contribution < 1.29 is 30.8 Å². The van der Waals surface area contributed by atoms with Crippen molar-refractivity contribution >= 4 is 25.8 Å². The van der Waals surface area contributed by atoms with E-state index in [1.807, 2.05) is 19.1 Å². The molecule has 1 aliphatic heterocycles. The zero-order valence-electron chi connectivity index (χ0n) is 20.6. The molecule has 1 saturated heterocycles. The van der Waals surface area contributed by atoms with Gasteiger partial charge in [0.2, 0.25) is 15.9 Å². The number of nitrogens with one attached hydrogen (secondary N) is 1. The van der Waals surface area contributed by atoms with Gasteiger partial charge < -0.3 is 10.1 Å². The number of sulfonamides is 1. The quantitative estimate of drug-likeness (QED) is 0.547. The van der Waals surface area contributed by atoms with Crippen molar-refractivity contribution in [1.29, 1.82) is 0 Å². The fraction of sp³-hybridized carbons (Fsp3) is 0.417. The fourth-order valence-corrected chi connectivity index (χ4v) is 6.01. The van der Waals surface area contributed by atoms with Crippen LogP contribution < -0.4 is 10.1 Å². The number of pyridine rings is 1. The molecule has 1 N–H and O–H groups in total. The summed E-state index contributed by atoms with van der Waals surface area (Å²) in [5.74, 6) is -0.652. The van der Waals surface area contributed by atoms with Gasteiger partial charge in [0.05, 0.1) is 13.3 Å². The van der Waals surface area contributed by atoms with Crippen LogP contribution in [0.15, 0.2) is 52.9 Å². The molecule has 3 rings (SSSR count). The summed E-state index contributed by atoms with van der Waals surface area (Å²) in [5.41, 5.74) is -0.305. The third kappa shape index (κ3) is 6.29. The van der Waals surface area contributed by atoms with E-state index >= 15 is 4.39 Å². The van der Waals surface area contributed by atoms with Crippen molar-refractivity contribution in [1.82, 2.24) is 14.6 Å².